The van der Waals surface area contributed by atoms with Crippen molar-refractivity contribution in [2.45, 2.75) is 25.3 Å². The molecule has 0 atom stereocenters. The molecule has 0 spiro atoms. The van der Waals surface area contributed by atoms with E-state index in [9.17, 15) is 4.79 Å². The monoisotopic (exact) mass is 405 g/mol. The molecule has 0 aliphatic heterocycles. The van der Waals surface area contributed by atoms with Crippen LogP contribution in [0.1, 0.15) is 29.6 Å². The number of methoxy groups -OCH3 is 1. The number of carbonyl (C=O) groups is 1. The van der Waals surface area contributed by atoms with Gasteiger partial charge in [-0.15, -0.1) is 0 Å². The van der Waals surface area contributed by atoms with Crippen molar-refractivity contribution in [2.24, 2.45) is 0 Å². The summed E-state index contributed by atoms with van der Waals surface area (Å²) in [5, 5.41) is 3.12. The summed E-state index contributed by atoms with van der Waals surface area (Å²) in [6.45, 7) is 0. The number of ether oxygens (including phenoxy) is 1. The van der Waals surface area contributed by atoms with Crippen LogP contribution in [0.15, 0.2) is 42.9 Å². The predicted molar refractivity (Wildman–Crippen MR) is 113 cm³/mol. The molecule has 3 N–H and O–H groups in total. The van der Waals surface area contributed by atoms with Gasteiger partial charge in [0.25, 0.3) is 5.91 Å². The van der Waals surface area contributed by atoms with Gasteiger partial charge in [-0.2, -0.15) is 4.98 Å². The molecule has 9 nitrogen and oxygen atoms in total. The Balaban J connectivity index is 1.59. The first-order valence-corrected chi connectivity index (χ1v) is 9.68. The molecule has 9 heteroatoms. The number of hydrogen-bond acceptors (Lipinski definition) is 8. The third-order valence-corrected chi connectivity index (χ3v) is 5.26. The largest absolute Gasteiger partial charge is 0.467 e. The topological polar surface area (TPSA) is 119 Å². The first-order chi connectivity index (χ1) is 14.5. The van der Waals surface area contributed by atoms with Crippen LogP contribution >= 0.6 is 0 Å². The van der Waals surface area contributed by atoms with Gasteiger partial charge in [0.2, 0.25) is 0 Å². The smallest absolute Gasteiger partial charge is 0.318 e. The average molecular weight is 405 g/mol. The van der Waals surface area contributed by atoms with Gasteiger partial charge in [0.15, 0.2) is 0 Å². The van der Waals surface area contributed by atoms with Crippen LogP contribution in [0.2, 0.25) is 0 Å². The van der Waals surface area contributed by atoms with Gasteiger partial charge in [-0.05, 0) is 49.1 Å². The van der Waals surface area contributed by atoms with Gasteiger partial charge in [-0.25, -0.2) is 15.0 Å². The number of aromatic nitrogens is 4. The number of pyridine rings is 2. The second-order valence-corrected chi connectivity index (χ2v) is 7.14. The minimum Gasteiger partial charge on any atom is -0.467 e. The van der Waals surface area contributed by atoms with Crippen molar-refractivity contribution in [1.29, 1.82) is 0 Å². The molecule has 30 heavy (non-hydrogen) atoms. The highest BCUT2D eigenvalue weighted by Crippen LogP contribution is 2.28. The van der Waals surface area contributed by atoms with Crippen molar-refractivity contribution in [3.05, 3.63) is 48.4 Å². The second kappa shape index (κ2) is 8.32. The number of rotatable bonds is 6. The molecule has 1 fully saturated rings. The van der Waals surface area contributed by atoms with Crippen LogP contribution in [0, 0.1) is 0 Å². The van der Waals surface area contributed by atoms with E-state index in [0.29, 0.717) is 17.2 Å². The molecular formula is C21H23N7O2. The summed E-state index contributed by atoms with van der Waals surface area (Å²) in [7, 11) is 3.33. The number of nitrogens with two attached hydrogens (primary N) is 1. The Morgan fingerprint density at radius 1 is 1.13 bits per heavy atom. The van der Waals surface area contributed by atoms with Gasteiger partial charge < -0.3 is 20.7 Å². The molecule has 0 saturated heterocycles. The molecule has 0 aromatic carbocycles. The molecule has 0 unspecified atom stereocenters. The van der Waals surface area contributed by atoms with Gasteiger partial charge in [0.1, 0.15) is 17.5 Å². The fourth-order valence-corrected chi connectivity index (χ4v) is 3.25. The van der Waals surface area contributed by atoms with E-state index < -0.39 is 0 Å². The Labute approximate surface area is 174 Å². The van der Waals surface area contributed by atoms with Gasteiger partial charge in [0, 0.05) is 37.2 Å². The first kappa shape index (κ1) is 19.6. The molecule has 154 valence electrons. The van der Waals surface area contributed by atoms with Crippen molar-refractivity contribution >= 4 is 23.4 Å². The summed E-state index contributed by atoms with van der Waals surface area (Å²) in [6.07, 6.45) is 8.14. The number of nitrogen functional groups attached to an aromatic ring is 1. The van der Waals surface area contributed by atoms with Crippen molar-refractivity contribution in [3.63, 3.8) is 0 Å². The summed E-state index contributed by atoms with van der Waals surface area (Å²) in [5.41, 5.74) is 8.05. The lowest BCUT2D eigenvalue weighted by molar-refractivity contribution is 0.0653. The van der Waals surface area contributed by atoms with Gasteiger partial charge in [-0.3, -0.25) is 4.79 Å². The molecule has 4 rings (SSSR count). The lowest BCUT2D eigenvalue weighted by Crippen LogP contribution is -2.41. The van der Waals surface area contributed by atoms with Crippen LogP contribution in [0.25, 0.3) is 11.1 Å². The van der Waals surface area contributed by atoms with Crippen LogP contribution in [-0.2, 0) is 0 Å². The van der Waals surface area contributed by atoms with Crippen LogP contribution < -0.4 is 15.8 Å². The molecule has 1 aliphatic carbocycles. The maximum atomic E-state index is 12.9. The van der Waals surface area contributed by atoms with E-state index in [1.807, 2.05) is 19.2 Å². The predicted octanol–water partition coefficient (Wildman–Crippen LogP) is 2.89. The summed E-state index contributed by atoms with van der Waals surface area (Å²) in [6, 6.07) is 7.75. The second-order valence-electron chi connectivity index (χ2n) is 7.14. The maximum Gasteiger partial charge on any atom is 0.318 e. The summed E-state index contributed by atoms with van der Waals surface area (Å²) < 4.78 is 5.04. The summed E-state index contributed by atoms with van der Waals surface area (Å²) >= 11 is 0. The highest BCUT2D eigenvalue weighted by atomic mass is 16.5. The van der Waals surface area contributed by atoms with Gasteiger partial charge in [-0.1, -0.05) is 0 Å². The van der Waals surface area contributed by atoms with Crippen molar-refractivity contribution in [1.82, 2.24) is 24.8 Å². The average Bonchev–Trinajstić information content (AvgIpc) is 2.72. The molecule has 0 bridgehead atoms. The molecular weight excluding hydrogens is 382 g/mol. The minimum atomic E-state index is -0.105. The lowest BCUT2D eigenvalue weighted by Gasteiger charge is -2.34. The Bertz CT molecular complexity index is 1070. The number of amides is 1. The first-order valence-electron chi connectivity index (χ1n) is 9.68. The number of nitrogens with one attached hydrogen (secondary N) is 1. The van der Waals surface area contributed by atoms with E-state index in [-0.39, 0.29) is 23.8 Å². The zero-order valence-electron chi connectivity index (χ0n) is 16.9. The number of nitrogens with zero attached hydrogens (tertiary/aromatic N) is 5. The normalized spacial score (nSPS) is 13.4. The number of anilines is 3. The molecule has 3 aromatic heterocycles. The minimum absolute atomic E-state index is 0.105. The van der Waals surface area contributed by atoms with Gasteiger partial charge in [0.05, 0.1) is 12.7 Å². The maximum absolute atomic E-state index is 12.9. The van der Waals surface area contributed by atoms with Crippen LogP contribution in [0.4, 0.5) is 17.5 Å². The van der Waals surface area contributed by atoms with Crippen LogP contribution in [-0.4, -0.2) is 50.9 Å². The van der Waals surface area contributed by atoms with E-state index in [0.717, 1.165) is 30.4 Å². The lowest BCUT2D eigenvalue weighted by atomic mass is 9.91. The zero-order chi connectivity index (χ0) is 21.1. The van der Waals surface area contributed by atoms with Crippen molar-refractivity contribution in [2.75, 3.05) is 25.2 Å². The fourth-order valence-electron chi connectivity index (χ4n) is 3.25. The number of hydrogen-bond donors (Lipinski definition) is 2. The van der Waals surface area contributed by atoms with E-state index in [1.165, 1.54) is 7.11 Å². The molecule has 1 amide bonds. The summed E-state index contributed by atoms with van der Waals surface area (Å²) in [5.74, 6) is 1.27. The van der Waals surface area contributed by atoms with E-state index >= 15 is 0 Å². The van der Waals surface area contributed by atoms with Gasteiger partial charge >= 0.3 is 6.01 Å². The Hall–Kier alpha value is -3.75. The van der Waals surface area contributed by atoms with E-state index in [1.54, 1.807) is 35.6 Å². The molecule has 3 aromatic rings. The highest BCUT2D eigenvalue weighted by molar-refractivity contribution is 5.99. The fraction of sp³-hybridized carbons (Fsp3) is 0.286. The van der Waals surface area contributed by atoms with Crippen molar-refractivity contribution in [3.8, 4) is 17.1 Å². The Morgan fingerprint density at radius 3 is 2.67 bits per heavy atom. The van der Waals surface area contributed by atoms with Crippen LogP contribution in [0.5, 0.6) is 6.01 Å². The standard InChI is InChI=1S/C21H23N7O2/c1-28(15-4-3-5-15)20(29)16-10-14(12-25-19(16)22)13-6-8-23-18(11-13)26-17-7-9-24-21(27-17)30-2/h6-12,15H,3-5H2,1-2H3,(H2,22,25)(H,23,24,26,27). The zero-order valence-corrected chi connectivity index (χ0v) is 16.9. The Morgan fingerprint density at radius 2 is 1.93 bits per heavy atom. The van der Waals surface area contributed by atoms with Crippen LogP contribution in [0.3, 0.4) is 0 Å². The molecule has 1 saturated carbocycles. The third-order valence-electron chi connectivity index (χ3n) is 5.26. The molecule has 1 aliphatic rings. The SMILES string of the molecule is COc1nccc(Nc2cc(-c3cnc(N)c(C(=O)N(C)C4CCC4)c3)ccn2)n1. The quantitative estimate of drug-likeness (QED) is 0.642. The highest BCUT2D eigenvalue weighted by Gasteiger charge is 2.27. The third kappa shape index (κ3) is 4.00. The van der Waals surface area contributed by atoms with E-state index in [4.69, 9.17) is 10.5 Å². The molecule has 0 radical (unpaired) electrons. The number of carbonyl (C=O) groups excluding carboxylic acids is 1. The van der Waals surface area contributed by atoms with Crippen molar-refractivity contribution < 1.29 is 9.53 Å². The Kier molecular flexibility index (Phi) is 5.42. The molecule has 3 heterocycles. The van der Waals surface area contributed by atoms with E-state index in [2.05, 4.69) is 25.3 Å². The summed E-state index contributed by atoms with van der Waals surface area (Å²) in [4.78, 5) is 31.5.